The summed E-state index contributed by atoms with van der Waals surface area (Å²) >= 11 is 0. The molecule has 21 heavy (non-hydrogen) atoms. The summed E-state index contributed by atoms with van der Waals surface area (Å²) in [5, 5.41) is 3.51. The maximum Gasteiger partial charge on any atom is 0.0638 e. The van der Waals surface area contributed by atoms with Crippen LogP contribution in [0.2, 0.25) is 0 Å². The van der Waals surface area contributed by atoms with Gasteiger partial charge >= 0.3 is 0 Å². The van der Waals surface area contributed by atoms with E-state index in [-0.39, 0.29) is 5.54 Å². The summed E-state index contributed by atoms with van der Waals surface area (Å²) in [6, 6.07) is 4.95. The van der Waals surface area contributed by atoms with Gasteiger partial charge in [0.05, 0.1) is 6.61 Å². The zero-order valence-electron chi connectivity index (χ0n) is 13.7. The first-order valence-electron chi connectivity index (χ1n) is 8.24. The van der Waals surface area contributed by atoms with Crippen molar-refractivity contribution in [3.05, 3.63) is 28.8 Å². The molecular formula is C18H28N2O. The highest BCUT2D eigenvalue weighted by Gasteiger charge is 2.33. The van der Waals surface area contributed by atoms with Gasteiger partial charge in [-0.15, -0.1) is 0 Å². The molecule has 3 heteroatoms. The Morgan fingerprint density at radius 1 is 1.10 bits per heavy atom. The third kappa shape index (κ3) is 2.95. The number of benzene rings is 1. The second-order valence-electron chi connectivity index (χ2n) is 6.96. The second-order valence-corrected chi connectivity index (χ2v) is 6.96. The molecule has 0 radical (unpaired) electrons. The number of aryl methyl sites for hydroxylation is 1. The van der Waals surface area contributed by atoms with Crippen molar-refractivity contribution in [1.29, 1.82) is 0 Å². The fraction of sp³-hybridized carbons (Fsp3) is 0.667. The van der Waals surface area contributed by atoms with E-state index in [9.17, 15) is 0 Å². The summed E-state index contributed by atoms with van der Waals surface area (Å²) < 4.78 is 5.33. The standard InChI is InChI=1S/C18H28N2O/c1-18(2)7-4-16-12-14-5-8-19-9-6-15(14)13-17(16)20(18)10-11-21-3/h12-13,19H,4-11H2,1-3H3. The summed E-state index contributed by atoms with van der Waals surface area (Å²) in [5.74, 6) is 0. The minimum Gasteiger partial charge on any atom is -0.383 e. The lowest BCUT2D eigenvalue weighted by atomic mass is 9.84. The van der Waals surface area contributed by atoms with E-state index in [0.29, 0.717) is 0 Å². The lowest BCUT2D eigenvalue weighted by molar-refractivity contribution is 0.197. The van der Waals surface area contributed by atoms with Crippen LogP contribution >= 0.6 is 0 Å². The predicted octanol–water partition coefficient (Wildman–Crippen LogP) is 2.55. The Morgan fingerprint density at radius 3 is 2.52 bits per heavy atom. The van der Waals surface area contributed by atoms with E-state index in [2.05, 4.69) is 36.2 Å². The van der Waals surface area contributed by atoms with Gasteiger partial charge in [0.1, 0.15) is 0 Å². The molecule has 1 aromatic rings. The first-order valence-corrected chi connectivity index (χ1v) is 8.24. The number of hydrogen-bond donors (Lipinski definition) is 1. The Balaban J connectivity index is 1.98. The Labute approximate surface area is 128 Å². The highest BCUT2D eigenvalue weighted by Crippen LogP contribution is 2.38. The number of nitrogens with zero attached hydrogens (tertiary/aromatic N) is 1. The Morgan fingerprint density at radius 2 is 1.81 bits per heavy atom. The van der Waals surface area contributed by atoms with Crippen LogP contribution in [0.25, 0.3) is 0 Å². The Bertz CT molecular complexity index is 510. The molecule has 0 atom stereocenters. The third-order valence-electron chi connectivity index (χ3n) is 5.09. The maximum atomic E-state index is 5.33. The molecule has 2 aliphatic rings. The minimum atomic E-state index is 0.225. The molecule has 0 aromatic heterocycles. The number of rotatable bonds is 3. The van der Waals surface area contributed by atoms with Crippen molar-refractivity contribution in [3.63, 3.8) is 0 Å². The summed E-state index contributed by atoms with van der Waals surface area (Å²) in [5.41, 5.74) is 6.31. The third-order valence-corrected chi connectivity index (χ3v) is 5.09. The zero-order valence-corrected chi connectivity index (χ0v) is 13.7. The van der Waals surface area contributed by atoms with Gasteiger partial charge in [-0.25, -0.2) is 0 Å². The van der Waals surface area contributed by atoms with Crippen molar-refractivity contribution in [3.8, 4) is 0 Å². The van der Waals surface area contributed by atoms with Crippen molar-refractivity contribution >= 4 is 5.69 Å². The monoisotopic (exact) mass is 288 g/mol. The molecular weight excluding hydrogens is 260 g/mol. The quantitative estimate of drug-likeness (QED) is 0.925. The van der Waals surface area contributed by atoms with Gasteiger partial charge in [-0.1, -0.05) is 6.07 Å². The molecule has 1 N–H and O–H groups in total. The van der Waals surface area contributed by atoms with Crippen molar-refractivity contribution < 1.29 is 4.74 Å². The first-order chi connectivity index (χ1) is 10.1. The fourth-order valence-electron chi connectivity index (χ4n) is 3.72. The second kappa shape index (κ2) is 5.98. The van der Waals surface area contributed by atoms with E-state index < -0.39 is 0 Å². The van der Waals surface area contributed by atoms with Gasteiger partial charge in [-0.05, 0) is 75.4 Å². The SMILES string of the molecule is COCCN1c2cc3c(cc2CCC1(C)C)CCNCC3. The molecule has 1 aromatic carbocycles. The summed E-state index contributed by atoms with van der Waals surface area (Å²) in [6.45, 7) is 8.71. The van der Waals surface area contributed by atoms with Crippen molar-refractivity contribution in [2.75, 3.05) is 38.3 Å². The Hall–Kier alpha value is -1.06. The molecule has 2 aliphatic heterocycles. The van der Waals surface area contributed by atoms with Gasteiger partial charge in [-0.3, -0.25) is 0 Å². The fourth-order valence-corrected chi connectivity index (χ4v) is 3.72. The lowest BCUT2D eigenvalue weighted by Crippen LogP contribution is -2.49. The van der Waals surface area contributed by atoms with Gasteiger partial charge in [0.15, 0.2) is 0 Å². The molecule has 3 rings (SSSR count). The molecule has 2 heterocycles. The van der Waals surface area contributed by atoms with Crippen molar-refractivity contribution in [2.45, 2.75) is 45.1 Å². The Kier molecular flexibility index (Phi) is 4.23. The molecule has 0 aliphatic carbocycles. The van der Waals surface area contributed by atoms with E-state index in [1.807, 2.05) is 0 Å². The number of nitrogens with one attached hydrogen (secondary N) is 1. The van der Waals surface area contributed by atoms with Crippen LogP contribution in [0.1, 0.15) is 37.0 Å². The molecule has 3 nitrogen and oxygen atoms in total. The van der Waals surface area contributed by atoms with Crippen LogP contribution in [0.15, 0.2) is 12.1 Å². The van der Waals surface area contributed by atoms with Crippen molar-refractivity contribution in [1.82, 2.24) is 5.32 Å². The summed E-state index contributed by atoms with van der Waals surface area (Å²) in [4.78, 5) is 2.56. The average molecular weight is 288 g/mol. The highest BCUT2D eigenvalue weighted by atomic mass is 16.5. The molecule has 0 fully saturated rings. The topological polar surface area (TPSA) is 24.5 Å². The van der Waals surface area contributed by atoms with E-state index in [0.717, 1.165) is 32.7 Å². The van der Waals surface area contributed by atoms with E-state index in [4.69, 9.17) is 4.74 Å². The predicted molar refractivity (Wildman–Crippen MR) is 88.3 cm³/mol. The van der Waals surface area contributed by atoms with Crippen LogP contribution < -0.4 is 10.2 Å². The summed E-state index contributed by atoms with van der Waals surface area (Å²) in [7, 11) is 1.79. The van der Waals surface area contributed by atoms with Gasteiger partial charge in [0, 0.05) is 24.9 Å². The van der Waals surface area contributed by atoms with Crippen molar-refractivity contribution in [2.24, 2.45) is 0 Å². The van der Waals surface area contributed by atoms with Crippen LogP contribution in [0.4, 0.5) is 5.69 Å². The van der Waals surface area contributed by atoms with Gasteiger partial charge in [0.25, 0.3) is 0 Å². The lowest BCUT2D eigenvalue weighted by Gasteiger charge is -2.45. The number of ether oxygens (including phenoxy) is 1. The number of fused-ring (bicyclic) bond motifs is 2. The van der Waals surface area contributed by atoms with Gasteiger partial charge in [0.2, 0.25) is 0 Å². The molecule has 0 saturated heterocycles. The molecule has 0 bridgehead atoms. The van der Waals surface area contributed by atoms with E-state index in [1.54, 1.807) is 18.2 Å². The highest BCUT2D eigenvalue weighted by molar-refractivity contribution is 5.61. The molecule has 0 amide bonds. The number of hydrogen-bond acceptors (Lipinski definition) is 3. The summed E-state index contributed by atoms with van der Waals surface area (Å²) in [6.07, 6.45) is 4.75. The zero-order chi connectivity index (χ0) is 14.9. The molecule has 0 saturated carbocycles. The minimum absolute atomic E-state index is 0.225. The first kappa shape index (κ1) is 14.9. The van der Waals surface area contributed by atoms with Gasteiger partial charge < -0.3 is 15.0 Å². The average Bonchev–Trinajstić information content (AvgIpc) is 2.69. The molecule has 0 unspecified atom stereocenters. The normalized spacial score (nSPS) is 20.6. The van der Waals surface area contributed by atoms with Crippen LogP contribution in [-0.2, 0) is 24.0 Å². The van der Waals surface area contributed by atoms with Crippen LogP contribution in [-0.4, -0.2) is 38.9 Å². The largest absolute Gasteiger partial charge is 0.383 e. The van der Waals surface area contributed by atoms with E-state index in [1.165, 1.54) is 30.5 Å². The van der Waals surface area contributed by atoms with Gasteiger partial charge in [-0.2, -0.15) is 0 Å². The van der Waals surface area contributed by atoms with E-state index >= 15 is 0 Å². The van der Waals surface area contributed by atoms with Crippen LogP contribution in [0, 0.1) is 0 Å². The molecule has 0 spiro atoms. The van der Waals surface area contributed by atoms with Crippen LogP contribution in [0.5, 0.6) is 0 Å². The number of methoxy groups -OCH3 is 1. The van der Waals surface area contributed by atoms with Crippen LogP contribution in [0.3, 0.4) is 0 Å². The maximum absolute atomic E-state index is 5.33. The smallest absolute Gasteiger partial charge is 0.0638 e. The number of anilines is 1. The molecule has 116 valence electrons.